The third-order valence-corrected chi connectivity index (χ3v) is 4.27. The molecule has 0 radical (unpaired) electrons. The summed E-state index contributed by atoms with van der Waals surface area (Å²) in [4.78, 5) is 37.7. The van der Waals surface area contributed by atoms with Crippen molar-refractivity contribution in [2.24, 2.45) is 0 Å². The van der Waals surface area contributed by atoms with Gasteiger partial charge in [0.15, 0.2) is 0 Å². The average molecular weight is 370 g/mol. The summed E-state index contributed by atoms with van der Waals surface area (Å²) in [5, 5.41) is 2.69. The zero-order chi connectivity index (χ0) is 19.2. The molecule has 9 nitrogen and oxygen atoms in total. The molecule has 3 N–H and O–H groups in total. The summed E-state index contributed by atoms with van der Waals surface area (Å²) >= 11 is 0. The Balaban J connectivity index is 1.75. The highest BCUT2D eigenvalue weighted by molar-refractivity contribution is 5.84. The quantitative estimate of drug-likeness (QED) is 0.649. The molecule has 2 aliphatic heterocycles. The molecule has 2 atom stereocenters. The average Bonchev–Trinajstić information content (AvgIpc) is 3.11. The molecule has 2 aliphatic rings. The molecule has 0 aromatic heterocycles. The van der Waals surface area contributed by atoms with Crippen molar-refractivity contribution in [1.82, 2.24) is 21.1 Å². The Morgan fingerprint density at radius 3 is 2.54 bits per heavy atom. The van der Waals surface area contributed by atoms with Crippen molar-refractivity contribution in [1.29, 1.82) is 0 Å². The highest BCUT2D eigenvalue weighted by atomic mass is 16.6. The molecule has 2 heterocycles. The molecular formula is C17H30N4O5. The molecule has 0 saturated carbocycles. The van der Waals surface area contributed by atoms with E-state index in [0.29, 0.717) is 26.1 Å². The van der Waals surface area contributed by atoms with Gasteiger partial charge in [0.25, 0.3) is 5.91 Å². The summed E-state index contributed by atoms with van der Waals surface area (Å²) in [6.45, 7) is 6.94. The van der Waals surface area contributed by atoms with Crippen LogP contribution in [0.2, 0.25) is 0 Å². The van der Waals surface area contributed by atoms with Crippen molar-refractivity contribution >= 4 is 18.0 Å². The van der Waals surface area contributed by atoms with Crippen molar-refractivity contribution in [2.75, 3.05) is 19.7 Å². The third-order valence-electron chi connectivity index (χ3n) is 4.27. The smallest absolute Gasteiger partial charge is 0.410 e. The molecule has 0 spiro atoms. The second kappa shape index (κ2) is 9.07. The number of likely N-dealkylation sites (tertiary alicyclic amines) is 1. The van der Waals surface area contributed by atoms with Crippen LogP contribution >= 0.6 is 0 Å². The number of piperidine rings is 1. The summed E-state index contributed by atoms with van der Waals surface area (Å²) in [6.07, 6.45) is 3.33. The van der Waals surface area contributed by atoms with Gasteiger partial charge in [0.2, 0.25) is 0 Å². The maximum Gasteiger partial charge on any atom is 0.410 e. The molecule has 2 fully saturated rings. The van der Waals surface area contributed by atoms with Gasteiger partial charge in [-0.25, -0.2) is 15.0 Å². The number of nitrogens with one attached hydrogen (secondary N) is 3. The summed E-state index contributed by atoms with van der Waals surface area (Å²) in [7, 11) is 0. The molecule has 148 valence electrons. The first-order valence-corrected chi connectivity index (χ1v) is 9.21. The highest BCUT2D eigenvalue weighted by Gasteiger charge is 2.30. The molecule has 0 aromatic rings. The lowest BCUT2D eigenvalue weighted by molar-refractivity contribution is -0.130. The first-order chi connectivity index (χ1) is 12.3. The fourth-order valence-corrected chi connectivity index (χ4v) is 3.01. The SMILES string of the molecule is CC(C)(C)OC(=O)N1CCCCC1CNC(=O)NNC(=O)C1CCCO1. The second-order valence-corrected chi connectivity index (χ2v) is 7.65. The Morgan fingerprint density at radius 1 is 1.12 bits per heavy atom. The predicted octanol–water partition coefficient (Wildman–Crippen LogP) is 1.29. The third kappa shape index (κ3) is 6.36. The highest BCUT2D eigenvalue weighted by Crippen LogP contribution is 2.20. The van der Waals surface area contributed by atoms with E-state index in [-0.39, 0.29) is 18.0 Å². The number of hydrogen-bond acceptors (Lipinski definition) is 5. The number of rotatable bonds is 3. The Kier molecular flexibility index (Phi) is 7.07. The van der Waals surface area contributed by atoms with Crippen LogP contribution in [0.15, 0.2) is 0 Å². The van der Waals surface area contributed by atoms with Crippen molar-refractivity contribution in [3.8, 4) is 0 Å². The number of amides is 4. The first kappa shape index (κ1) is 20.3. The number of carbonyl (C=O) groups excluding carboxylic acids is 3. The van der Waals surface area contributed by atoms with Gasteiger partial charge >= 0.3 is 12.1 Å². The largest absolute Gasteiger partial charge is 0.444 e. The minimum Gasteiger partial charge on any atom is -0.444 e. The molecule has 2 unspecified atom stereocenters. The lowest BCUT2D eigenvalue weighted by Crippen LogP contribution is -2.54. The molecule has 26 heavy (non-hydrogen) atoms. The van der Waals surface area contributed by atoms with Crippen LogP contribution < -0.4 is 16.2 Å². The summed E-state index contributed by atoms with van der Waals surface area (Å²) < 4.78 is 10.7. The number of carbonyl (C=O) groups is 3. The molecule has 0 bridgehead atoms. The van der Waals surface area contributed by atoms with Gasteiger partial charge in [0.05, 0.1) is 6.04 Å². The van der Waals surface area contributed by atoms with Crippen LogP contribution in [-0.2, 0) is 14.3 Å². The van der Waals surface area contributed by atoms with Crippen molar-refractivity contribution in [2.45, 2.75) is 70.6 Å². The zero-order valence-corrected chi connectivity index (χ0v) is 15.8. The molecule has 2 saturated heterocycles. The normalized spacial score (nSPS) is 23.3. The van der Waals surface area contributed by atoms with E-state index in [4.69, 9.17) is 9.47 Å². The summed E-state index contributed by atoms with van der Waals surface area (Å²) in [5.41, 5.74) is 4.10. The topological polar surface area (TPSA) is 109 Å². The Labute approximate surface area is 154 Å². The molecule has 0 aromatic carbocycles. The predicted molar refractivity (Wildman–Crippen MR) is 94.2 cm³/mol. The number of hydrazine groups is 1. The van der Waals surface area contributed by atoms with E-state index < -0.39 is 17.7 Å². The van der Waals surface area contributed by atoms with E-state index in [2.05, 4.69) is 16.2 Å². The number of hydrogen-bond donors (Lipinski definition) is 3. The van der Waals surface area contributed by atoms with Gasteiger partial charge in [-0.1, -0.05) is 0 Å². The minimum absolute atomic E-state index is 0.127. The van der Waals surface area contributed by atoms with Crippen molar-refractivity contribution in [3.05, 3.63) is 0 Å². The van der Waals surface area contributed by atoms with Gasteiger partial charge in [-0.05, 0) is 52.9 Å². The Bertz CT molecular complexity index is 514. The van der Waals surface area contributed by atoms with Gasteiger partial charge in [0, 0.05) is 19.7 Å². The van der Waals surface area contributed by atoms with E-state index in [1.807, 2.05) is 20.8 Å². The monoisotopic (exact) mass is 370 g/mol. The minimum atomic E-state index is -0.559. The summed E-state index contributed by atoms with van der Waals surface area (Å²) in [6, 6.07) is -0.649. The molecule has 0 aliphatic carbocycles. The van der Waals surface area contributed by atoms with Gasteiger partial charge in [-0.15, -0.1) is 0 Å². The van der Waals surface area contributed by atoms with Gasteiger partial charge in [-0.3, -0.25) is 10.2 Å². The lowest BCUT2D eigenvalue weighted by atomic mass is 10.0. The maximum absolute atomic E-state index is 12.3. The van der Waals surface area contributed by atoms with Crippen molar-refractivity contribution in [3.63, 3.8) is 0 Å². The lowest BCUT2D eigenvalue weighted by Gasteiger charge is -2.36. The van der Waals surface area contributed by atoms with Crippen LogP contribution in [0.25, 0.3) is 0 Å². The zero-order valence-electron chi connectivity index (χ0n) is 15.8. The Hall–Kier alpha value is -2.03. The van der Waals surface area contributed by atoms with Crippen LogP contribution in [-0.4, -0.2) is 60.4 Å². The van der Waals surface area contributed by atoms with Crippen LogP contribution in [0.4, 0.5) is 9.59 Å². The maximum atomic E-state index is 12.3. The van der Waals surface area contributed by atoms with Crippen LogP contribution in [0.5, 0.6) is 0 Å². The van der Waals surface area contributed by atoms with Crippen LogP contribution in [0.1, 0.15) is 52.9 Å². The van der Waals surface area contributed by atoms with Gasteiger partial charge in [-0.2, -0.15) is 0 Å². The number of nitrogens with zero attached hydrogens (tertiary/aromatic N) is 1. The first-order valence-electron chi connectivity index (χ1n) is 9.21. The standard InChI is InChI=1S/C17H30N4O5/c1-17(2,3)26-16(24)21-9-5-4-7-12(21)11-18-15(23)20-19-14(22)13-8-6-10-25-13/h12-13H,4-11H2,1-3H3,(H,19,22)(H2,18,20,23). The number of ether oxygens (including phenoxy) is 2. The van der Waals surface area contributed by atoms with E-state index in [1.165, 1.54) is 0 Å². The van der Waals surface area contributed by atoms with Crippen LogP contribution in [0, 0.1) is 0 Å². The fraction of sp³-hybridized carbons (Fsp3) is 0.824. The van der Waals surface area contributed by atoms with Crippen molar-refractivity contribution < 1.29 is 23.9 Å². The van der Waals surface area contributed by atoms with E-state index in [1.54, 1.807) is 4.90 Å². The summed E-state index contributed by atoms with van der Waals surface area (Å²) in [5.74, 6) is -0.356. The fourth-order valence-electron chi connectivity index (χ4n) is 3.01. The Morgan fingerprint density at radius 2 is 1.88 bits per heavy atom. The van der Waals surface area contributed by atoms with Gasteiger partial charge < -0.3 is 19.7 Å². The van der Waals surface area contributed by atoms with Crippen LogP contribution in [0.3, 0.4) is 0 Å². The van der Waals surface area contributed by atoms with E-state index in [9.17, 15) is 14.4 Å². The molecule has 4 amide bonds. The van der Waals surface area contributed by atoms with E-state index in [0.717, 1.165) is 25.7 Å². The molecule has 9 heteroatoms. The molecule has 2 rings (SSSR count). The van der Waals surface area contributed by atoms with Gasteiger partial charge in [0.1, 0.15) is 11.7 Å². The molecular weight excluding hydrogens is 340 g/mol. The van der Waals surface area contributed by atoms with E-state index >= 15 is 0 Å². The number of urea groups is 1. The second-order valence-electron chi connectivity index (χ2n) is 7.65.